The molecule has 1 aromatic carbocycles. The van der Waals surface area contributed by atoms with Crippen molar-refractivity contribution in [2.45, 2.75) is 62.8 Å². The van der Waals surface area contributed by atoms with E-state index in [2.05, 4.69) is 40.4 Å². The Hall–Kier alpha value is -0.421. The van der Waals surface area contributed by atoms with Crippen LogP contribution in [0.3, 0.4) is 0 Å². The fourth-order valence-corrected chi connectivity index (χ4v) is 4.48. The predicted molar refractivity (Wildman–Crippen MR) is 106 cm³/mol. The van der Waals surface area contributed by atoms with Crippen molar-refractivity contribution in [1.29, 1.82) is 0 Å². The Kier molecular flexibility index (Phi) is 7.45. The Balaban J connectivity index is 0.00000280. The predicted octanol–water partition coefficient (Wildman–Crippen LogP) is 4.12. The molecule has 0 N–H and O–H groups in total. The van der Waals surface area contributed by atoms with Crippen molar-refractivity contribution in [1.82, 2.24) is 0 Å². The van der Waals surface area contributed by atoms with Gasteiger partial charge in [-0.1, -0.05) is 45.5 Å². The largest absolute Gasteiger partial charge is 0.538 e. The van der Waals surface area contributed by atoms with Crippen molar-refractivity contribution in [3.63, 3.8) is 0 Å². The quantitative estimate of drug-likeness (QED) is 0.206. The van der Waals surface area contributed by atoms with Gasteiger partial charge in [0.05, 0.1) is 18.3 Å². The maximum atomic E-state index is 12.6. The second-order valence-electron chi connectivity index (χ2n) is 8.71. The van der Waals surface area contributed by atoms with Gasteiger partial charge in [-0.3, -0.25) is 0 Å². The molecule has 2 fully saturated rings. The Labute approximate surface area is 192 Å². The number of ether oxygens (including phenoxy) is 3. The molecule has 0 aromatic heterocycles. The van der Waals surface area contributed by atoms with Crippen LogP contribution in [0.5, 0.6) is 0 Å². The summed E-state index contributed by atoms with van der Waals surface area (Å²) in [6.07, 6.45) is 0.332. The molecule has 3 rings (SSSR count). The Bertz CT molecular complexity index is 692. The van der Waals surface area contributed by atoms with Gasteiger partial charge in [0.25, 0.3) is 0 Å². The minimum absolute atomic E-state index is 0. The van der Waals surface area contributed by atoms with Gasteiger partial charge in [-0.15, -0.1) is 0 Å². The van der Waals surface area contributed by atoms with Gasteiger partial charge in [0, 0.05) is 31.1 Å². The van der Waals surface area contributed by atoms with Crippen LogP contribution in [0.25, 0.3) is 0 Å². The van der Waals surface area contributed by atoms with Gasteiger partial charge in [0.15, 0.2) is 14.4 Å². The summed E-state index contributed by atoms with van der Waals surface area (Å²) in [6.45, 7) is 16.8. The third kappa shape index (κ3) is 4.35. The minimum atomic E-state index is -2.08. The summed E-state index contributed by atoms with van der Waals surface area (Å²) in [5.74, 6) is -0.417. The van der Waals surface area contributed by atoms with E-state index in [9.17, 15) is 4.79 Å². The summed E-state index contributed by atoms with van der Waals surface area (Å²) >= 11 is 0. The molecule has 28 heavy (non-hydrogen) atoms. The van der Waals surface area contributed by atoms with Crippen molar-refractivity contribution < 1.29 is 54.5 Å². The van der Waals surface area contributed by atoms with Gasteiger partial charge in [0.1, 0.15) is 5.60 Å². The van der Waals surface area contributed by atoms with Crippen molar-refractivity contribution in [3.05, 3.63) is 55.2 Å². The van der Waals surface area contributed by atoms with E-state index in [-0.39, 0.29) is 48.4 Å². The van der Waals surface area contributed by atoms with E-state index in [1.807, 2.05) is 6.07 Å². The van der Waals surface area contributed by atoms with Gasteiger partial charge in [-0.25, -0.2) is 4.79 Å². The number of hydrogen-bond donors (Lipinski definition) is 0. The minimum Gasteiger partial charge on any atom is -0.538 e. The van der Waals surface area contributed by atoms with Crippen molar-refractivity contribution >= 4 is 14.3 Å². The first-order valence-corrected chi connectivity index (χ1v) is 12.2. The van der Waals surface area contributed by atoms with Crippen LogP contribution in [0.15, 0.2) is 43.0 Å². The van der Waals surface area contributed by atoms with Crippen LogP contribution in [0, 0.1) is 37.7 Å². The normalized spacial score (nSPS) is 27.8. The molecule has 0 aliphatic carbocycles. The molecule has 4 atom stereocenters. The van der Waals surface area contributed by atoms with E-state index in [0.717, 1.165) is 0 Å². The molecule has 2 aliphatic heterocycles. The van der Waals surface area contributed by atoms with Gasteiger partial charge in [-0.2, -0.15) is 6.61 Å². The van der Waals surface area contributed by atoms with Gasteiger partial charge in [0.2, 0.25) is 0 Å². The summed E-state index contributed by atoms with van der Waals surface area (Å²) < 4.78 is 24.3. The number of fused-ring (bicyclic) bond motifs is 2. The first kappa shape index (κ1) is 23.9. The number of hydrogen-bond acceptors (Lipinski definition) is 5. The molecular weight excluding hydrogens is 598 g/mol. The SMILES string of the molecule is C=C[C@H](OC(=O)c1ccccc1)[C@@]12CO[C@@H]([CH-]O1)[C@@H]2O[Si](C)(C)C(C)(C)C.[U]. The van der Waals surface area contributed by atoms with Crippen LogP contribution in [0.4, 0.5) is 0 Å². The van der Waals surface area contributed by atoms with Gasteiger partial charge in [-0.05, 0) is 42.4 Å². The second kappa shape index (κ2) is 8.75. The zero-order chi connectivity index (χ0) is 19.9. The van der Waals surface area contributed by atoms with Crippen molar-refractivity contribution in [3.8, 4) is 0 Å². The van der Waals surface area contributed by atoms with Crippen molar-refractivity contribution in [2.24, 2.45) is 0 Å². The standard InChI is InChI=1S/C21H29O5Si.U/c1-7-17(25-19(22)15-11-9-8-10-12-15)21-14-23-16(13-24-21)18(21)26-27(5,6)20(2,3)4;/h7-13,16-18H,1,14H2,2-6H3;/q-1;/t16-,17-,18-,21+;/m0./s1. The third-order valence-electron chi connectivity index (χ3n) is 5.87. The van der Waals surface area contributed by atoms with E-state index in [1.54, 1.807) is 36.9 Å². The monoisotopic (exact) mass is 627 g/mol. The molecule has 0 amide bonds. The third-order valence-corrected chi connectivity index (χ3v) is 10.3. The Morgan fingerprint density at radius 1 is 1.36 bits per heavy atom. The topological polar surface area (TPSA) is 54.0 Å². The molecule has 2 bridgehead atoms. The van der Waals surface area contributed by atoms with Crippen molar-refractivity contribution in [2.75, 3.05) is 6.61 Å². The molecule has 2 aliphatic rings. The van der Waals surface area contributed by atoms with Crippen LogP contribution in [0.1, 0.15) is 31.1 Å². The summed E-state index contributed by atoms with van der Waals surface area (Å²) in [5, 5.41) is 0.0423. The van der Waals surface area contributed by atoms with Crippen LogP contribution in [0.2, 0.25) is 18.1 Å². The van der Waals surface area contributed by atoms with Crippen LogP contribution in [-0.4, -0.2) is 44.8 Å². The molecule has 2 saturated heterocycles. The molecule has 5 nitrogen and oxygen atoms in total. The maximum Gasteiger partial charge on any atom is 0.338 e. The van der Waals surface area contributed by atoms with E-state index < -0.39 is 26.0 Å². The number of rotatable bonds is 6. The van der Waals surface area contributed by atoms with Gasteiger partial charge < -0.3 is 18.6 Å². The molecule has 152 valence electrons. The maximum absolute atomic E-state index is 12.6. The van der Waals surface area contributed by atoms with Crippen LogP contribution < -0.4 is 0 Å². The molecule has 0 radical (unpaired) electrons. The number of carbonyl (C=O) groups excluding carboxylic acids is 1. The fraction of sp³-hybridized carbons (Fsp3) is 0.524. The summed E-state index contributed by atoms with van der Waals surface area (Å²) in [5.41, 5.74) is -0.410. The summed E-state index contributed by atoms with van der Waals surface area (Å²) in [6, 6.07) is 8.90. The Morgan fingerprint density at radius 2 is 2.00 bits per heavy atom. The zero-order valence-corrected chi connectivity index (χ0v) is 22.4. The number of esters is 1. The summed E-state index contributed by atoms with van der Waals surface area (Å²) in [7, 11) is -2.08. The molecular formula is C21H29O5SiU-. The summed E-state index contributed by atoms with van der Waals surface area (Å²) in [4.78, 5) is 12.6. The van der Waals surface area contributed by atoms with E-state index >= 15 is 0 Å². The fourth-order valence-electron chi connectivity index (χ4n) is 3.16. The molecule has 0 unspecified atom stereocenters. The van der Waals surface area contributed by atoms with Gasteiger partial charge >= 0.3 is 5.97 Å². The average Bonchev–Trinajstić information content (AvgIpc) is 3.14. The second-order valence-corrected chi connectivity index (χ2v) is 13.5. The Morgan fingerprint density at radius 3 is 2.50 bits per heavy atom. The molecule has 7 heteroatoms. The molecule has 1 aromatic rings. The molecule has 0 saturated carbocycles. The smallest absolute Gasteiger partial charge is 0.338 e. The van der Waals surface area contributed by atoms with E-state index in [4.69, 9.17) is 18.6 Å². The first-order chi connectivity index (χ1) is 12.6. The van der Waals surface area contributed by atoms with Crippen LogP contribution in [-0.2, 0) is 18.6 Å². The number of benzene rings is 1. The number of carbonyl (C=O) groups is 1. The molecule has 2 heterocycles. The average molecular weight is 628 g/mol. The molecule has 0 spiro atoms. The van der Waals surface area contributed by atoms with E-state index in [0.29, 0.717) is 12.2 Å². The zero-order valence-electron chi connectivity index (χ0n) is 17.2. The van der Waals surface area contributed by atoms with Crippen LogP contribution >= 0.6 is 0 Å². The van der Waals surface area contributed by atoms with E-state index in [1.165, 1.54) is 0 Å². The first-order valence-electron chi connectivity index (χ1n) is 9.30.